The highest BCUT2D eigenvalue weighted by molar-refractivity contribution is 5.42. The van der Waals surface area contributed by atoms with Crippen LogP contribution in [0, 0.1) is 0 Å². The Labute approximate surface area is 116 Å². The van der Waals surface area contributed by atoms with Crippen molar-refractivity contribution >= 4 is 0 Å². The van der Waals surface area contributed by atoms with Crippen molar-refractivity contribution in [2.45, 2.75) is 45.2 Å². The van der Waals surface area contributed by atoms with Crippen LogP contribution < -0.4 is 9.47 Å². The predicted octanol–water partition coefficient (Wildman–Crippen LogP) is 3.64. The second-order valence-electron chi connectivity index (χ2n) is 5.45. The fraction of sp³-hybridized carbons (Fsp3) is 0.625. The van der Waals surface area contributed by atoms with Gasteiger partial charge in [-0.2, -0.15) is 0 Å². The van der Waals surface area contributed by atoms with Crippen molar-refractivity contribution in [3.05, 3.63) is 23.8 Å². The normalized spacial score (nSPS) is 20.6. The van der Waals surface area contributed by atoms with E-state index >= 15 is 0 Å². The third-order valence-electron chi connectivity index (χ3n) is 4.00. The number of benzene rings is 1. The van der Waals surface area contributed by atoms with Crippen LogP contribution in [0.3, 0.4) is 0 Å². The molecular formula is C16H25NO2. The third-order valence-corrected chi connectivity index (χ3v) is 4.00. The van der Waals surface area contributed by atoms with E-state index in [2.05, 4.69) is 24.8 Å². The van der Waals surface area contributed by atoms with Gasteiger partial charge in [0, 0.05) is 17.6 Å². The molecule has 1 aromatic carbocycles. The molecule has 106 valence electrons. The van der Waals surface area contributed by atoms with Gasteiger partial charge in [0.25, 0.3) is 0 Å². The molecule has 0 unspecified atom stereocenters. The summed E-state index contributed by atoms with van der Waals surface area (Å²) in [6, 6.07) is 7.11. The fourth-order valence-corrected chi connectivity index (χ4v) is 3.01. The molecular weight excluding hydrogens is 238 g/mol. The van der Waals surface area contributed by atoms with Gasteiger partial charge >= 0.3 is 0 Å². The van der Waals surface area contributed by atoms with Gasteiger partial charge in [-0.3, -0.25) is 4.90 Å². The van der Waals surface area contributed by atoms with Crippen molar-refractivity contribution in [1.82, 2.24) is 4.90 Å². The van der Waals surface area contributed by atoms with Crippen LogP contribution in [0.25, 0.3) is 0 Å². The van der Waals surface area contributed by atoms with Crippen LogP contribution in [0.1, 0.15) is 44.7 Å². The minimum absolute atomic E-state index is 0.443. The van der Waals surface area contributed by atoms with Crippen LogP contribution in [-0.2, 0) is 0 Å². The lowest BCUT2D eigenvalue weighted by molar-refractivity contribution is 0.110. The van der Waals surface area contributed by atoms with Crippen LogP contribution in [0.2, 0.25) is 0 Å². The lowest BCUT2D eigenvalue weighted by atomic mass is 9.93. The molecule has 0 aliphatic carbocycles. The molecule has 3 nitrogen and oxygen atoms in total. The maximum Gasteiger partial charge on any atom is 0.123 e. The van der Waals surface area contributed by atoms with Crippen LogP contribution in [-0.4, -0.2) is 31.7 Å². The van der Waals surface area contributed by atoms with Gasteiger partial charge < -0.3 is 9.47 Å². The molecule has 0 aromatic heterocycles. The first-order valence-corrected chi connectivity index (χ1v) is 7.15. The minimum atomic E-state index is 0.443. The number of nitrogens with zero attached hydrogens (tertiary/aromatic N) is 1. The van der Waals surface area contributed by atoms with Crippen molar-refractivity contribution in [1.29, 1.82) is 0 Å². The quantitative estimate of drug-likeness (QED) is 0.828. The number of likely N-dealkylation sites (tertiary alicyclic amines) is 1. The summed E-state index contributed by atoms with van der Waals surface area (Å²) in [5.41, 5.74) is 1.26. The number of hydrogen-bond donors (Lipinski definition) is 0. The zero-order chi connectivity index (χ0) is 13.8. The van der Waals surface area contributed by atoms with E-state index in [4.69, 9.17) is 9.47 Å². The maximum atomic E-state index is 5.54. The molecule has 0 saturated carbocycles. The average Bonchev–Trinajstić information content (AvgIpc) is 2.46. The number of methoxy groups -OCH3 is 2. The Morgan fingerprint density at radius 2 is 1.95 bits per heavy atom. The van der Waals surface area contributed by atoms with E-state index in [1.54, 1.807) is 14.2 Å². The van der Waals surface area contributed by atoms with Crippen molar-refractivity contribution < 1.29 is 9.47 Å². The van der Waals surface area contributed by atoms with Gasteiger partial charge in [0.15, 0.2) is 0 Å². The molecule has 3 heteroatoms. The van der Waals surface area contributed by atoms with E-state index in [1.807, 2.05) is 12.1 Å². The van der Waals surface area contributed by atoms with Gasteiger partial charge in [0.2, 0.25) is 0 Å². The largest absolute Gasteiger partial charge is 0.497 e. The van der Waals surface area contributed by atoms with E-state index in [1.165, 1.54) is 31.4 Å². The molecule has 0 bridgehead atoms. The van der Waals surface area contributed by atoms with Crippen molar-refractivity contribution in [3.63, 3.8) is 0 Å². The third kappa shape index (κ3) is 3.03. The summed E-state index contributed by atoms with van der Waals surface area (Å²) in [4.78, 5) is 2.57. The predicted molar refractivity (Wildman–Crippen MR) is 78.0 cm³/mol. The Morgan fingerprint density at radius 3 is 2.58 bits per heavy atom. The zero-order valence-electron chi connectivity index (χ0n) is 12.5. The molecule has 0 radical (unpaired) electrons. The van der Waals surface area contributed by atoms with Crippen molar-refractivity contribution in [3.8, 4) is 11.5 Å². The highest BCUT2D eigenvalue weighted by Gasteiger charge is 2.28. The first kappa shape index (κ1) is 14.2. The van der Waals surface area contributed by atoms with Gasteiger partial charge in [0.05, 0.1) is 14.2 Å². The fourth-order valence-electron chi connectivity index (χ4n) is 3.01. The van der Waals surface area contributed by atoms with Crippen LogP contribution in [0.15, 0.2) is 18.2 Å². The Morgan fingerprint density at radius 1 is 1.16 bits per heavy atom. The SMILES string of the molecule is COc1ccc(OC)c([C@H]2CCCCN2C(C)C)c1. The van der Waals surface area contributed by atoms with Gasteiger partial charge in [-0.05, 0) is 51.4 Å². The van der Waals surface area contributed by atoms with Gasteiger partial charge in [-0.1, -0.05) is 6.42 Å². The minimum Gasteiger partial charge on any atom is -0.497 e. The summed E-state index contributed by atoms with van der Waals surface area (Å²) in [5, 5.41) is 0. The van der Waals surface area contributed by atoms with Gasteiger partial charge in [-0.15, -0.1) is 0 Å². The number of hydrogen-bond acceptors (Lipinski definition) is 3. The summed E-state index contributed by atoms with van der Waals surface area (Å²) >= 11 is 0. The summed E-state index contributed by atoms with van der Waals surface area (Å²) in [5.74, 6) is 1.88. The molecule has 1 fully saturated rings. The molecule has 0 N–H and O–H groups in total. The molecule has 1 heterocycles. The molecule has 0 amide bonds. The van der Waals surface area contributed by atoms with Gasteiger partial charge in [0.1, 0.15) is 11.5 Å². The maximum absolute atomic E-state index is 5.54. The summed E-state index contributed by atoms with van der Waals surface area (Å²) < 4.78 is 10.9. The number of rotatable bonds is 4. The van der Waals surface area contributed by atoms with Crippen LogP contribution in [0.5, 0.6) is 11.5 Å². The molecule has 0 spiro atoms. The first-order chi connectivity index (χ1) is 9.17. The van der Waals surface area contributed by atoms with Crippen LogP contribution >= 0.6 is 0 Å². The van der Waals surface area contributed by atoms with E-state index in [9.17, 15) is 0 Å². The van der Waals surface area contributed by atoms with Crippen molar-refractivity contribution in [2.75, 3.05) is 20.8 Å². The summed E-state index contributed by atoms with van der Waals surface area (Å²) in [6.45, 7) is 5.71. The average molecular weight is 263 g/mol. The number of ether oxygens (including phenoxy) is 2. The standard InChI is InChI=1S/C16H25NO2/c1-12(2)17-10-6-5-7-15(17)14-11-13(18-3)8-9-16(14)19-4/h8-9,11-12,15H,5-7,10H2,1-4H3/t15-/m1/s1. The number of piperidine rings is 1. The molecule has 1 aromatic rings. The molecule has 1 saturated heterocycles. The Kier molecular flexibility index (Phi) is 4.70. The van der Waals surface area contributed by atoms with E-state index in [0.29, 0.717) is 12.1 Å². The topological polar surface area (TPSA) is 21.7 Å². The molecule has 2 rings (SSSR count). The first-order valence-electron chi connectivity index (χ1n) is 7.15. The molecule has 1 aliphatic heterocycles. The lowest BCUT2D eigenvalue weighted by Gasteiger charge is -2.39. The second-order valence-corrected chi connectivity index (χ2v) is 5.45. The Hall–Kier alpha value is -1.22. The highest BCUT2D eigenvalue weighted by Crippen LogP contribution is 2.38. The lowest BCUT2D eigenvalue weighted by Crippen LogP contribution is -2.38. The van der Waals surface area contributed by atoms with E-state index in [-0.39, 0.29) is 0 Å². The monoisotopic (exact) mass is 263 g/mol. The smallest absolute Gasteiger partial charge is 0.123 e. The van der Waals surface area contributed by atoms with Gasteiger partial charge in [-0.25, -0.2) is 0 Å². The second kappa shape index (κ2) is 6.29. The molecule has 19 heavy (non-hydrogen) atoms. The summed E-state index contributed by atoms with van der Waals surface area (Å²) in [7, 11) is 3.46. The summed E-state index contributed by atoms with van der Waals surface area (Å²) in [6.07, 6.45) is 3.77. The van der Waals surface area contributed by atoms with Crippen LogP contribution in [0.4, 0.5) is 0 Å². The molecule has 1 aliphatic rings. The van der Waals surface area contributed by atoms with Crippen molar-refractivity contribution in [2.24, 2.45) is 0 Å². The molecule has 1 atom stereocenters. The van der Waals surface area contributed by atoms with E-state index in [0.717, 1.165) is 11.5 Å². The highest BCUT2D eigenvalue weighted by atomic mass is 16.5. The zero-order valence-corrected chi connectivity index (χ0v) is 12.5. The Bertz CT molecular complexity index is 417. The Balaban J connectivity index is 2.36. The van der Waals surface area contributed by atoms with E-state index < -0.39 is 0 Å².